The summed E-state index contributed by atoms with van der Waals surface area (Å²) >= 11 is 3.33. The molecule has 5 nitrogen and oxygen atoms in total. The first kappa shape index (κ1) is 20.0. The van der Waals surface area contributed by atoms with Crippen molar-refractivity contribution < 1.29 is 9.53 Å². The van der Waals surface area contributed by atoms with Crippen molar-refractivity contribution in [3.05, 3.63) is 38.0 Å². The fourth-order valence-corrected chi connectivity index (χ4v) is 6.16. The van der Waals surface area contributed by atoms with Crippen LogP contribution >= 0.6 is 22.7 Å². The summed E-state index contributed by atoms with van der Waals surface area (Å²) in [5, 5.41) is 3.30. The van der Waals surface area contributed by atoms with Gasteiger partial charge in [0.1, 0.15) is 10.5 Å². The summed E-state index contributed by atoms with van der Waals surface area (Å²) in [4.78, 5) is 23.1. The maximum Gasteiger partial charge on any atom is 0.263 e. The molecule has 1 saturated carbocycles. The lowest BCUT2D eigenvalue weighted by Gasteiger charge is -2.49. The van der Waals surface area contributed by atoms with E-state index in [9.17, 15) is 4.79 Å². The summed E-state index contributed by atoms with van der Waals surface area (Å²) in [6, 6.07) is 4.57. The zero-order chi connectivity index (χ0) is 19.6. The molecule has 28 heavy (non-hydrogen) atoms. The van der Waals surface area contributed by atoms with Gasteiger partial charge in [-0.2, -0.15) is 0 Å². The molecule has 0 aromatic carbocycles. The number of nitrogens with zero attached hydrogens (tertiary/aromatic N) is 2. The maximum atomic E-state index is 12.8. The molecule has 2 aromatic heterocycles. The van der Waals surface area contributed by atoms with Crippen LogP contribution in [0.2, 0.25) is 0 Å². The zero-order valence-electron chi connectivity index (χ0n) is 16.7. The van der Waals surface area contributed by atoms with Gasteiger partial charge in [0.2, 0.25) is 0 Å². The average molecular weight is 420 g/mol. The van der Waals surface area contributed by atoms with Gasteiger partial charge in [0.05, 0.1) is 23.9 Å². The number of carbonyl (C=O) groups excluding carboxylic acids is 1. The Morgan fingerprint density at radius 2 is 2.25 bits per heavy atom. The second-order valence-corrected chi connectivity index (χ2v) is 9.99. The van der Waals surface area contributed by atoms with Crippen LogP contribution in [0, 0.1) is 6.92 Å². The van der Waals surface area contributed by atoms with E-state index in [-0.39, 0.29) is 17.6 Å². The Morgan fingerprint density at radius 3 is 3.00 bits per heavy atom. The fraction of sp³-hybridized carbons (Fsp3) is 0.619. The maximum absolute atomic E-state index is 12.8. The number of aromatic nitrogens is 1. The fourth-order valence-electron chi connectivity index (χ4n) is 4.45. The minimum absolute atomic E-state index is 0.00200. The number of morpholine rings is 1. The average Bonchev–Trinajstić information content (AvgIpc) is 3.32. The van der Waals surface area contributed by atoms with Gasteiger partial charge in [-0.05, 0) is 38.3 Å². The summed E-state index contributed by atoms with van der Waals surface area (Å²) in [5.41, 5.74) is 2.28. The number of thiazole rings is 1. The Balaban J connectivity index is 1.46. The van der Waals surface area contributed by atoms with E-state index < -0.39 is 0 Å². The van der Waals surface area contributed by atoms with Crippen molar-refractivity contribution in [1.29, 1.82) is 0 Å². The highest BCUT2D eigenvalue weighted by Crippen LogP contribution is 2.36. The quantitative estimate of drug-likeness (QED) is 0.795. The molecule has 1 amide bonds. The smallest absolute Gasteiger partial charge is 0.263 e. The van der Waals surface area contributed by atoms with Gasteiger partial charge < -0.3 is 10.1 Å². The van der Waals surface area contributed by atoms with Crippen molar-refractivity contribution in [3.63, 3.8) is 0 Å². The number of carbonyl (C=O) groups is 1. The summed E-state index contributed by atoms with van der Waals surface area (Å²) in [6.45, 7) is 7.66. The Bertz CT molecular complexity index is 814. The van der Waals surface area contributed by atoms with Gasteiger partial charge in [0.15, 0.2) is 0 Å². The SMILES string of the molecule is CCc1ccc(CN2CCO[C@]3(CCCC[C@@H]3NC(=O)c3scnc3C)C2)s1. The third-order valence-corrected chi connectivity index (χ3v) is 8.11. The number of ether oxygens (including phenoxy) is 1. The highest BCUT2D eigenvalue weighted by atomic mass is 32.1. The molecular weight excluding hydrogens is 390 g/mol. The molecule has 2 atom stereocenters. The van der Waals surface area contributed by atoms with Crippen LogP contribution in [-0.4, -0.2) is 47.1 Å². The molecule has 2 aliphatic rings. The van der Waals surface area contributed by atoms with Crippen LogP contribution in [0.15, 0.2) is 17.6 Å². The van der Waals surface area contributed by atoms with Crippen LogP contribution < -0.4 is 5.32 Å². The lowest BCUT2D eigenvalue weighted by molar-refractivity contribution is -0.142. The van der Waals surface area contributed by atoms with E-state index >= 15 is 0 Å². The predicted octanol–water partition coefficient (Wildman–Crippen LogP) is 4.02. The lowest BCUT2D eigenvalue weighted by atomic mass is 9.78. The third-order valence-electron chi connectivity index (χ3n) is 5.97. The standard InChI is InChI=1S/C21H29N3O2S2/c1-3-16-7-8-17(28-16)12-24-10-11-26-21(13-24)9-5-4-6-18(21)23-20(25)19-15(2)22-14-27-19/h7-8,14,18H,3-6,9-13H2,1-2H3,(H,23,25)/t18-,21+/m0/s1. The van der Waals surface area contributed by atoms with E-state index in [1.165, 1.54) is 27.5 Å². The van der Waals surface area contributed by atoms with Crippen molar-refractivity contribution in [2.75, 3.05) is 19.7 Å². The first-order valence-corrected chi connectivity index (χ1v) is 11.9. The van der Waals surface area contributed by atoms with Crippen molar-refractivity contribution in [1.82, 2.24) is 15.2 Å². The normalized spacial score (nSPS) is 25.9. The van der Waals surface area contributed by atoms with Crippen LogP contribution in [-0.2, 0) is 17.7 Å². The van der Waals surface area contributed by atoms with Crippen molar-refractivity contribution in [3.8, 4) is 0 Å². The van der Waals surface area contributed by atoms with E-state index in [1.54, 1.807) is 5.51 Å². The largest absolute Gasteiger partial charge is 0.370 e. The highest BCUT2D eigenvalue weighted by Gasteiger charge is 2.46. The van der Waals surface area contributed by atoms with Gasteiger partial charge >= 0.3 is 0 Å². The van der Waals surface area contributed by atoms with Crippen molar-refractivity contribution >= 4 is 28.6 Å². The molecule has 1 aliphatic heterocycles. The Labute approximate surface area is 175 Å². The van der Waals surface area contributed by atoms with Crippen LogP contribution in [0.25, 0.3) is 0 Å². The summed E-state index contributed by atoms with van der Waals surface area (Å²) < 4.78 is 6.40. The van der Waals surface area contributed by atoms with Crippen LogP contribution in [0.4, 0.5) is 0 Å². The second kappa shape index (κ2) is 8.61. The molecule has 1 N–H and O–H groups in total. The number of aryl methyl sites for hydroxylation is 2. The number of rotatable bonds is 5. The van der Waals surface area contributed by atoms with E-state index in [4.69, 9.17) is 4.74 Å². The van der Waals surface area contributed by atoms with Gasteiger partial charge in [-0.1, -0.05) is 19.8 Å². The number of hydrogen-bond donors (Lipinski definition) is 1. The van der Waals surface area contributed by atoms with E-state index in [1.807, 2.05) is 18.3 Å². The Hall–Kier alpha value is -1.28. The minimum Gasteiger partial charge on any atom is -0.370 e. The third kappa shape index (κ3) is 4.17. The number of nitrogens with one attached hydrogen (secondary N) is 1. The molecule has 0 radical (unpaired) electrons. The van der Waals surface area contributed by atoms with Gasteiger partial charge in [0, 0.05) is 29.4 Å². The Morgan fingerprint density at radius 1 is 1.39 bits per heavy atom. The first-order chi connectivity index (χ1) is 13.6. The van der Waals surface area contributed by atoms with E-state index in [0.717, 1.165) is 62.5 Å². The molecule has 1 aliphatic carbocycles. The van der Waals surface area contributed by atoms with Crippen LogP contribution in [0.5, 0.6) is 0 Å². The molecule has 3 heterocycles. The molecule has 0 unspecified atom stereocenters. The predicted molar refractivity (Wildman–Crippen MR) is 114 cm³/mol. The molecular formula is C21H29N3O2S2. The topological polar surface area (TPSA) is 54.5 Å². The van der Waals surface area contributed by atoms with Gasteiger partial charge in [-0.15, -0.1) is 22.7 Å². The van der Waals surface area contributed by atoms with E-state index in [0.29, 0.717) is 0 Å². The molecule has 1 saturated heterocycles. The van der Waals surface area contributed by atoms with E-state index in [2.05, 4.69) is 34.3 Å². The van der Waals surface area contributed by atoms with Crippen molar-refractivity contribution in [2.45, 2.75) is 64.1 Å². The summed E-state index contributed by atoms with van der Waals surface area (Å²) in [6.07, 6.45) is 5.40. The summed E-state index contributed by atoms with van der Waals surface area (Å²) in [5.74, 6) is -0.00200. The number of hydrogen-bond acceptors (Lipinski definition) is 6. The monoisotopic (exact) mass is 419 g/mol. The van der Waals surface area contributed by atoms with Gasteiger partial charge in [0.25, 0.3) is 5.91 Å². The first-order valence-electron chi connectivity index (χ1n) is 10.2. The lowest BCUT2D eigenvalue weighted by Crippen LogP contribution is -2.63. The molecule has 152 valence electrons. The minimum atomic E-state index is -0.268. The number of thiophene rings is 1. The Kier molecular flexibility index (Phi) is 6.16. The summed E-state index contributed by atoms with van der Waals surface area (Å²) in [7, 11) is 0. The highest BCUT2D eigenvalue weighted by molar-refractivity contribution is 7.12. The van der Waals surface area contributed by atoms with Crippen molar-refractivity contribution in [2.24, 2.45) is 0 Å². The second-order valence-electron chi connectivity index (χ2n) is 7.88. The number of amides is 1. The molecule has 2 aromatic rings. The molecule has 1 spiro atoms. The molecule has 4 rings (SSSR count). The molecule has 0 bridgehead atoms. The van der Waals surface area contributed by atoms with Crippen LogP contribution in [0.3, 0.4) is 0 Å². The van der Waals surface area contributed by atoms with Crippen LogP contribution in [0.1, 0.15) is 57.7 Å². The van der Waals surface area contributed by atoms with Gasteiger partial charge in [-0.3, -0.25) is 9.69 Å². The molecule has 2 fully saturated rings. The zero-order valence-corrected chi connectivity index (χ0v) is 18.3. The van der Waals surface area contributed by atoms with Gasteiger partial charge in [-0.25, -0.2) is 4.98 Å². The molecule has 7 heteroatoms.